The van der Waals surface area contributed by atoms with Crippen molar-refractivity contribution < 1.29 is 9.04 Å². The number of halogens is 1. The van der Waals surface area contributed by atoms with E-state index in [4.69, 9.17) is 4.65 Å². The number of hydrogen-bond donors (Lipinski definition) is 0. The molecule has 0 spiro atoms. The summed E-state index contributed by atoms with van der Waals surface area (Å²) >= 11 is 0. The Morgan fingerprint density at radius 3 is 2.59 bits per heavy atom. The third kappa shape index (κ3) is 4.20. The third-order valence-electron chi connectivity index (χ3n) is 4.79. The molecule has 0 aromatic heterocycles. The molecule has 1 aliphatic rings. The van der Waals surface area contributed by atoms with E-state index < -0.39 is 0 Å². The number of likely N-dealkylation sites (N-methyl/N-ethyl adjacent to an activating group) is 1. The van der Waals surface area contributed by atoms with E-state index in [-0.39, 0.29) is 11.4 Å². The number of hydrogen-bond acceptors (Lipinski definition) is 2. The van der Waals surface area contributed by atoms with Crippen LogP contribution in [0.15, 0.2) is 24.3 Å². The van der Waals surface area contributed by atoms with Crippen molar-refractivity contribution in [1.82, 2.24) is 4.90 Å². The lowest BCUT2D eigenvalue weighted by atomic mass is 9.83. The Morgan fingerprint density at radius 2 is 2.05 bits per heavy atom. The first-order valence-electron chi connectivity index (χ1n) is 8.10. The molecule has 22 heavy (non-hydrogen) atoms. The van der Waals surface area contributed by atoms with Gasteiger partial charge in [-0.05, 0) is 50.3 Å². The van der Waals surface area contributed by atoms with Gasteiger partial charge in [0.15, 0.2) is 0 Å². The van der Waals surface area contributed by atoms with Crippen molar-refractivity contribution in [3.05, 3.63) is 35.7 Å². The van der Waals surface area contributed by atoms with Gasteiger partial charge in [-0.25, -0.2) is 4.39 Å². The van der Waals surface area contributed by atoms with Gasteiger partial charge in [0.2, 0.25) is 0 Å². The van der Waals surface area contributed by atoms with Gasteiger partial charge >= 0.3 is 7.48 Å². The highest BCUT2D eigenvalue weighted by atomic mass is 19.1. The van der Waals surface area contributed by atoms with Crippen LogP contribution in [-0.4, -0.2) is 38.1 Å². The maximum Gasteiger partial charge on any atom is 0.309 e. The van der Waals surface area contributed by atoms with Crippen LogP contribution >= 0.6 is 0 Å². The van der Waals surface area contributed by atoms with Gasteiger partial charge in [0, 0.05) is 24.3 Å². The van der Waals surface area contributed by atoms with Gasteiger partial charge in [0.1, 0.15) is 5.82 Å². The van der Waals surface area contributed by atoms with Gasteiger partial charge in [0.25, 0.3) is 0 Å². The van der Waals surface area contributed by atoms with Crippen LogP contribution in [0.5, 0.6) is 0 Å². The summed E-state index contributed by atoms with van der Waals surface area (Å²) in [6, 6.07) is 5.49. The minimum atomic E-state index is -0.203. The quantitative estimate of drug-likeness (QED) is 0.776. The minimum absolute atomic E-state index is 0.140. The zero-order valence-electron chi connectivity index (χ0n) is 14.4. The molecule has 1 aromatic carbocycles. The van der Waals surface area contributed by atoms with Crippen LogP contribution < -0.4 is 5.46 Å². The number of benzene rings is 1. The minimum Gasteiger partial charge on any atom is -0.429 e. The predicted octanol–water partition coefficient (Wildman–Crippen LogP) is 2.97. The second kappa shape index (κ2) is 6.97. The normalized spacial score (nSPS) is 16.8. The summed E-state index contributed by atoms with van der Waals surface area (Å²) in [6.45, 7) is 10.3. The maximum atomic E-state index is 14.4. The van der Waals surface area contributed by atoms with Gasteiger partial charge in [0.05, 0.1) is 0 Å². The van der Waals surface area contributed by atoms with Crippen LogP contribution in [0.25, 0.3) is 5.57 Å². The first-order chi connectivity index (χ1) is 10.3. The molecule has 120 valence electrons. The summed E-state index contributed by atoms with van der Waals surface area (Å²) < 4.78 is 20.3. The zero-order chi connectivity index (χ0) is 16.3. The summed E-state index contributed by atoms with van der Waals surface area (Å²) in [5.74, 6) is 0.278. The van der Waals surface area contributed by atoms with Crippen molar-refractivity contribution in [3.63, 3.8) is 0 Å². The maximum absolute atomic E-state index is 14.4. The summed E-state index contributed by atoms with van der Waals surface area (Å²) in [6.07, 6.45) is 3.03. The second-order valence-corrected chi connectivity index (χ2v) is 7.10. The molecule has 1 aliphatic heterocycles. The highest BCUT2D eigenvalue weighted by Crippen LogP contribution is 2.24. The first kappa shape index (κ1) is 17.2. The average Bonchev–Trinajstić information content (AvgIpc) is 2.46. The van der Waals surface area contributed by atoms with Gasteiger partial charge in [-0.3, -0.25) is 0 Å². The van der Waals surface area contributed by atoms with Gasteiger partial charge in [-0.15, -0.1) is 0 Å². The van der Waals surface area contributed by atoms with Gasteiger partial charge in [-0.2, -0.15) is 0 Å². The lowest BCUT2D eigenvalue weighted by Gasteiger charge is -2.30. The van der Waals surface area contributed by atoms with E-state index in [1.807, 2.05) is 12.1 Å². The Labute approximate surface area is 134 Å². The van der Waals surface area contributed by atoms with Crippen LogP contribution in [0, 0.1) is 11.7 Å². The molecule has 2 rings (SSSR count). The van der Waals surface area contributed by atoms with Crippen LogP contribution in [-0.2, 0) is 4.65 Å². The molecular weight excluding hydrogens is 276 g/mol. The first-order valence-corrected chi connectivity index (χ1v) is 8.10. The lowest BCUT2D eigenvalue weighted by molar-refractivity contribution is 0.0668. The van der Waals surface area contributed by atoms with Crippen molar-refractivity contribution in [3.8, 4) is 0 Å². The largest absolute Gasteiger partial charge is 0.429 e. The van der Waals surface area contributed by atoms with Gasteiger partial charge < -0.3 is 9.55 Å². The van der Waals surface area contributed by atoms with E-state index in [1.54, 1.807) is 6.07 Å². The molecule has 0 fully saturated rings. The molecular formula is C18H27BFNO. The molecule has 2 nitrogen and oxygen atoms in total. The molecule has 0 radical (unpaired) electrons. The monoisotopic (exact) mass is 303 g/mol. The van der Waals surface area contributed by atoms with Crippen LogP contribution in [0.2, 0.25) is 0 Å². The Balaban J connectivity index is 2.07. The van der Waals surface area contributed by atoms with E-state index in [1.165, 1.54) is 0 Å². The van der Waals surface area contributed by atoms with Crippen LogP contribution in [0.3, 0.4) is 0 Å². The van der Waals surface area contributed by atoms with Crippen molar-refractivity contribution in [2.24, 2.45) is 5.92 Å². The van der Waals surface area contributed by atoms with E-state index >= 15 is 0 Å². The Hall–Kier alpha value is -1.13. The number of nitrogens with zero attached hydrogens (tertiary/aromatic N) is 1. The molecule has 0 N–H and O–H groups in total. The molecule has 0 saturated heterocycles. The van der Waals surface area contributed by atoms with E-state index in [2.05, 4.69) is 45.7 Å². The van der Waals surface area contributed by atoms with Crippen LogP contribution in [0.1, 0.15) is 39.7 Å². The van der Waals surface area contributed by atoms with E-state index in [9.17, 15) is 4.39 Å². The average molecular weight is 303 g/mol. The summed E-state index contributed by atoms with van der Waals surface area (Å²) in [5.41, 5.74) is 2.54. The topological polar surface area (TPSA) is 12.5 Å². The van der Waals surface area contributed by atoms with Crippen LogP contribution in [0.4, 0.5) is 4.39 Å². The molecule has 0 bridgehead atoms. The van der Waals surface area contributed by atoms with E-state index in [0.29, 0.717) is 13.4 Å². The molecule has 1 aromatic rings. The molecule has 0 atom stereocenters. The van der Waals surface area contributed by atoms with E-state index in [0.717, 1.165) is 36.1 Å². The Morgan fingerprint density at radius 1 is 1.32 bits per heavy atom. The molecule has 0 saturated carbocycles. The predicted molar refractivity (Wildman–Crippen MR) is 93.3 cm³/mol. The SMILES string of the molecule is CC(C)C(C)(C)OBc1ccc(C2=CCN(C)CC2)c(F)c1. The van der Waals surface area contributed by atoms with Crippen molar-refractivity contribution in [1.29, 1.82) is 0 Å². The smallest absolute Gasteiger partial charge is 0.309 e. The standard InChI is InChI=1S/C18H27BFNO/c1-13(2)18(3,4)22-19-15-6-7-16(17(20)12-15)14-8-10-21(5)11-9-14/h6-8,12-13,19H,9-11H2,1-5H3. The van der Waals surface area contributed by atoms with Crippen molar-refractivity contribution in [2.75, 3.05) is 20.1 Å². The number of rotatable bonds is 5. The molecule has 0 amide bonds. The highest BCUT2D eigenvalue weighted by molar-refractivity contribution is 6.47. The second-order valence-electron chi connectivity index (χ2n) is 7.10. The summed E-state index contributed by atoms with van der Waals surface area (Å²) in [4.78, 5) is 2.23. The molecule has 0 unspecified atom stereocenters. The van der Waals surface area contributed by atoms with Gasteiger partial charge in [-0.1, -0.05) is 32.1 Å². The fourth-order valence-electron chi connectivity index (χ4n) is 2.36. The Kier molecular flexibility index (Phi) is 5.46. The van der Waals surface area contributed by atoms with Crippen molar-refractivity contribution in [2.45, 2.75) is 39.7 Å². The summed E-state index contributed by atoms with van der Waals surface area (Å²) in [7, 11) is 2.53. The zero-order valence-corrected chi connectivity index (χ0v) is 14.4. The Bertz CT molecular complexity index is 554. The molecule has 0 aliphatic carbocycles. The lowest BCUT2D eigenvalue weighted by Crippen LogP contribution is -2.36. The summed E-state index contributed by atoms with van der Waals surface area (Å²) in [5, 5.41) is 0. The third-order valence-corrected chi connectivity index (χ3v) is 4.79. The molecule has 1 heterocycles. The fraction of sp³-hybridized carbons (Fsp3) is 0.556. The highest BCUT2D eigenvalue weighted by Gasteiger charge is 2.23. The fourth-order valence-corrected chi connectivity index (χ4v) is 2.36. The molecule has 4 heteroatoms. The van der Waals surface area contributed by atoms with Crippen molar-refractivity contribution >= 4 is 18.5 Å².